The van der Waals surface area contributed by atoms with Crippen molar-refractivity contribution in [3.8, 4) is 0 Å². The summed E-state index contributed by atoms with van der Waals surface area (Å²) < 4.78 is 5.33. The summed E-state index contributed by atoms with van der Waals surface area (Å²) in [5.74, 6) is 0.773. The Labute approximate surface area is 111 Å². The molecule has 0 saturated heterocycles. The van der Waals surface area contributed by atoms with Crippen molar-refractivity contribution < 1.29 is 4.74 Å². The minimum Gasteiger partial charge on any atom is -0.382 e. The molecule has 0 aliphatic heterocycles. The quantitative estimate of drug-likeness (QED) is 0.747. The van der Waals surface area contributed by atoms with Gasteiger partial charge < -0.3 is 10.1 Å². The van der Waals surface area contributed by atoms with Crippen LogP contribution in [0.1, 0.15) is 43.2 Å². The highest BCUT2D eigenvalue weighted by Gasteiger charge is 2.29. The largest absolute Gasteiger partial charge is 0.382 e. The fourth-order valence-corrected chi connectivity index (χ4v) is 2.52. The molecule has 1 saturated carbocycles. The summed E-state index contributed by atoms with van der Waals surface area (Å²) in [4.78, 5) is 0. The Morgan fingerprint density at radius 1 is 1.22 bits per heavy atom. The van der Waals surface area contributed by atoms with Crippen LogP contribution >= 0.6 is 0 Å². The van der Waals surface area contributed by atoms with Gasteiger partial charge in [-0.3, -0.25) is 0 Å². The lowest BCUT2D eigenvalue weighted by Crippen LogP contribution is -2.40. The summed E-state index contributed by atoms with van der Waals surface area (Å²) in [5, 5.41) is 3.61. The second-order valence-corrected chi connectivity index (χ2v) is 5.28. The topological polar surface area (TPSA) is 21.3 Å². The van der Waals surface area contributed by atoms with Gasteiger partial charge in [-0.05, 0) is 51.1 Å². The molecule has 0 amide bonds. The maximum Gasteiger partial charge on any atom is 0.0477 e. The fourth-order valence-electron chi connectivity index (χ4n) is 2.52. The lowest BCUT2D eigenvalue weighted by Gasteiger charge is -2.36. The third-order valence-electron chi connectivity index (χ3n) is 3.79. The number of rotatable bonds is 7. The molecule has 1 fully saturated rings. The molecule has 1 aliphatic rings. The molecule has 0 spiro atoms. The highest BCUT2D eigenvalue weighted by Crippen LogP contribution is 2.36. The smallest absolute Gasteiger partial charge is 0.0477 e. The van der Waals surface area contributed by atoms with Crippen molar-refractivity contribution in [3.63, 3.8) is 0 Å². The molecule has 100 valence electrons. The predicted molar refractivity (Wildman–Crippen MR) is 76.1 cm³/mol. The molecule has 2 heteroatoms. The molecule has 1 aromatic rings. The first-order valence-electron chi connectivity index (χ1n) is 7.17. The second-order valence-electron chi connectivity index (χ2n) is 5.28. The molecular weight excluding hydrogens is 222 g/mol. The van der Waals surface area contributed by atoms with E-state index in [0.29, 0.717) is 0 Å². The first kappa shape index (κ1) is 13.6. The molecule has 18 heavy (non-hydrogen) atoms. The summed E-state index contributed by atoms with van der Waals surface area (Å²) >= 11 is 0. The molecular formula is C16H25NO. The van der Waals surface area contributed by atoms with Crippen LogP contribution in [0, 0.1) is 6.92 Å². The Kier molecular flexibility index (Phi) is 5.21. The zero-order valence-corrected chi connectivity index (χ0v) is 11.6. The average molecular weight is 247 g/mol. The minimum absolute atomic E-state index is 0.720. The van der Waals surface area contributed by atoms with Gasteiger partial charge in [-0.15, -0.1) is 0 Å². The Morgan fingerprint density at radius 3 is 2.61 bits per heavy atom. The number of aryl methyl sites for hydroxylation is 1. The van der Waals surface area contributed by atoms with Crippen molar-refractivity contribution in [2.24, 2.45) is 0 Å². The van der Waals surface area contributed by atoms with Crippen LogP contribution in [0.25, 0.3) is 0 Å². The molecule has 0 aromatic heterocycles. The van der Waals surface area contributed by atoms with E-state index in [1.54, 1.807) is 0 Å². The zero-order valence-electron chi connectivity index (χ0n) is 11.6. The van der Waals surface area contributed by atoms with Crippen LogP contribution in [0.3, 0.4) is 0 Å². The predicted octanol–water partition coefficient (Wildman–Crippen LogP) is 3.26. The van der Waals surface area contributed by atoms with Crippen LogP contribution in [0.2, 0.25) is 0 Å². The first-order chi connectivity index (χ1) is 8.79. The van der Waals surface area contributed by atoms with Crippen LogP contribution in [-0.4, -0.2) is 25.8 Å². The van der Waals surface area contributed by atoms with Crippen molar-refractivity contribution in [2.75, 3.05) is 19.8 Å². The van der Waals surface area contributed by atoms with Crippen LogP contribution in [-0.2, 0) is 4.74 Å². The first-order valence-corrected chi connectivity index (χ1v) is 7.17. The average Bonchev–Trinajstić information content (AvgIpc) is 2.33. The summed E-state index contributed by atoms with van der Waals surface area (Å²) in [5.41, 5.74) is 2.86. The highest BCUT2D eigenvalue weighted by atomic mass is 16.5. The van der Waals surface area contributed by atoms with E-state index in [0.717, 1.165) is 38.1 Å². The Morgan fingerprint density at radius 2 is 1.94 bits per heavy atom. The fraction of sp³-hybridized carbons (Fsp3) is 0.625. The van der Waals surface area contributed by atoms with Gasteiger partial charge in [0.15, 0.2) is 0 Å². The number of hydrogen-bond acceptors (Lipinski definition) is 2. The normalized spacial score (nSPS) is 22.8. The lowest BCUT2D eigenvalue weighted by molar-refractivity contribution is 0.142. The molecule has 0 atom stereocenters. The standard InChI is InChI=1S/C16H25NO/c1-3-18-10-4-9-17-16-11-15(12-16)14-7-5-13(2)6-8-14/h5-8,15-17H,3-4,9-12H2,1-2H3. The monoisotopic (exact) mass is 247 g/mol. The summed E-state index contributed by atoms with van der Waals surface area (Å²) in [6, 6.07) is 9.73. The minimum atomic E-state index is 0.720. The Bertz CT molecular complexity index is 341. The van der Waals surface area contributed by atoms with E-state index in [4.69, 9.17) is 4.74 Å². The van der Waals surface area contributed by atoms with Gasteiger partial charge in [0.1, 0.15) is 0 Å². The third kappa shape index (κ3) is 3.82. The third-order valence-corrected chi connectivity index (χ3v) is 3.79. The lowest BCUT2D eigenvalue weighted by atomic mass is 9.76. The maximum atomic E-state index is 5.33. The van der Waals surface area contributed by atoms with Crippen molar-refractivity contribution in [3.05, 3.63) is 35.4 Å². The molecule has 0 heterocycles. The van der Waals surface area contributed by atoms with Gasteiger partial charge in [0.2, 0.25) is 0 Å². The van der Waals surface area contributed by atoms with Gasteiger partial charge in [0, 0.05) is 19.3 Å². The van der Waals surface area contributed by atoms with Gasteiger partial charge in [-0.25, -0.2) is 0 Å². The Hall–Kier alpha value is -0.860. The van der Waals surface area contributed by atoms with Gasteiger partial charge in [-0.2, -0.15) is 0 Å². The highest BCUT2D eigenvalue weighted by molar-refractivity contribution is 5.26. The molecule has 1 aromatic carbocycles. The van der Waals surface area contributed by atoms with Crippen LogP contribution in [0.4, 0.5) is 0 Å². The maximum absolute atomic E-state index is 5.33. The summed E-state index contributed by atoms with van der Waals surface area (Å²) in [6.45, 7) is 7.00. The van der Waals surface area contributed by atoms with E-state index in [1.807, 2.05) is 6.92 Å². The number of benzene rings is 1. The molecule has 1 N–H and O–H groups in total. The van der Waals surface area contributed by atoms with Gasteiger partial charge in [0.25, 0.3) is 0 Å². The van der Waals surface area contributed by atoms with Gasteiger partial charge >= 0.3 is 0 Å². The number of ether oxygens (including phenoxy) is 1. The molecule has 2 nitrogen and oxygen atoms in total. The van der Waals surface area contributed by atoms with Crippen molar-refractivity contribution in [2.45, 2.75) is 45.1 Å². The van der Waals surface area contributed by atoms with Crippen LogP contribution in [0.15, 0.2) is 24.3 Å². The van der Waals surface area contributed by atoms with Gasteiger partial charge in [0.05, 0.1) is 0 Å². The van der Waals surface area contributed by atoms with Crippen LogP contribution in [0.5, 0.6) is 0 Å². The van der Waals surface area contributed by atoms with E-state index in [1.165, 1.54) is 24.0 Å². The SMILES string of the molecule is CCOCCCNC1CC(c2ccc(C)cc2)C1. The molecule has 0 bridgehead atoms. The number of hydrogen-bond donors (Lipinski definition) is 1. The van der Waals surface area contributed by atoms with E-state index >= 15 is 0 Å². The van der Waals surface area contributed by atoms with Gasteiger partial charge in [-0.1, -0.05) is 29.8 Å². The summed E-state index contributed by atoms with van der Waals surface area (Å²) in [7, 11) is 0. The van der Waals surface area contributed by atoms with E-state index in [9.17, 15) is 0 Å². The molecule has 2 rings (SSSR count). The molecule has 1 aliphatic carbocycles. The number of nitrogens with one attached hydrogen (secondary N) is 1. The van der Waals surface area contributed by atoms with E-state index in [2.05, 4.69) is 36.5 Å². The Balaban J connectivity index is 1.60. The molecule has 0 radical (unpaired) electrons. The molecule has 0 unspecified atom stereocenters. The van der Waals surface area contributed by atoms with E-state index < -0.39 is 0 Å². The van der Waals surface area contributed by atoms with Crippen LogP contribution < -0.4 is 5.32 Å². The van der Waals surface area contributed by atoms with E-state index in [-0.39, 0.29) is 0 Å². The zero-order chi connectivity index (χ0) is 12.8. The van der Waals surface area contributed by atoms with Crippen molar-refractivity contribution in [1.29, 1.82) is 0 Å². The summed E-state index contributed by atoms with van der Waals surface area (Å²) in [6.07, 6.45) is 3.70. The second kappa shape index (κ2) is 6.91. The van der Waals surface area contributed by atoms with Crippen molar-refractivity contribution >= 4 is 0 Å². The van der Waals surface area contributed by atoms with Crippen molar-refractivity contribution in [1.82, 2.24) is 5.32 Å².